The number of nitrogens with zero attached hydrogens (tertiary/aromatic N) is 3. The molecular formula is C30H37N3O3. The summed E-state index contributed by atoms with van der Waals surface area (Å²) in [5.41, 5.74) is 3.31. The third-order valence-electron chi connectivity index (χ3n) is 8.38. The SMILES string of the molecule is Cc1cc(N2CC[C@H](N3CCC[C@@H]3C)C2)ccc1-n1ccc2cc(OC[C@@H]3CCCO3)ccc2c1=O. The number of rotatable bonds is 6. The number of benzene rings is 2. The molecule has 1 aromatic heterocycles. The minimum absolute atomic E-state index is 0.00159. The van der Waals surface area contributed by atoms with Crippen molar-refractivity contribution in [2.24, 2.45) is 0 Å². The van der Waals surface area contributed by atoms with Crippen molar-refractivity contribution in [3.8, 4) is 11.4 Å². The molecule has 2 aromatic carbocycles. The molecule has 0 N–H and O–H groups in total. The van der Waals surface area contributed by atoms with Gasteiger partial charge in [-0.3, -0.25) is 14.3 Å². The first-order valence-electron chi connectivity index (χ1n) is 13.6. The largest absolute Gasteiger partial charge is 0.491 e. The lowest BCUT2D eigenvalue weighted by Crippen LogP contribution is -2.39. The van der Waals surface area contributed by atoms with E-state index in [2.05, 4.69) is 41.8 Å². The lowest BCUT2D eigenvalue weighted by Gasteiger charge is -2.28. The molecular weight excluding hydrogens is 450 g/mol. The monoisotopic (exact) mass is 487 g/mol. The molecule has 3 atom stereocenters. The van der Waals surface area contributed by atoms with Crippen molar-refractivity contribution in [1.82, 2.24) is 9.47 Å². The smallest absolute Gasteiger partial charge is 0.262 e. The zero-order valence-electron chi connectivity index (χ0n) is 21.5. The highest BCUT2D eigenvalue weighted by atomic mass is 16.5. The van der Waals surface area contributed by atoms with Gasteiger partial charge in [0.05, 0.1) is 11.8 Å². The quantitative estimate of drug-likeness (QED) is 0.494. The van der Waals surface area contributed by atoms with Crippen molar-refractivity contribution in [3.05, 3.63) is 64.6 Å². The van der Waals surface area contributed by atoms with Gasteiger partial charge in [-0.05, 0) is 106 Å². The molecule has 0 saturated carbocycles. The molecule has 6 heteroatoms. The van der Waals surface area contributed by atoms with Crippen LogP contribution in [0.25, 0.3) is 16.5 Å². The molecule has 0 radical (unpaired) electrons. The summed E-state index contributed by atoms with van der Waals surface area (Å²) in [4.78, 5) is 18.6. The predicted molar refractivity (Wildman–Crippen MR) is 145 cm³/mol. The molecule has 0 aliphatic carbocycles. The fourth-order valence-corrected chi connectivity index (χ4v) is 6.32. The van der Waals surface area contributed by atoms with Crippen LogP contribution in [0.1, 0.15) is 44.6 Å². The third kappa shape index (κ3) is 4.53. The van der Waals surface area contributed by atoms with E-state index >= 15 is 0 Å². The Balaban J connectivity index is 1.19. The van der Waals surface area contributed by atoms with Gasteiger partial charge in [-0.25, -0.2) is 0 Å². The Bertz CT molecular complexity index is 1300. The first-order chi connectivity index (χ1) is 17.6. The maximum Gasteiger partial charge on any atom is 0.262 e. The van der Waals surface area contributed by atoms with Crippen LogP contribution in [0.2, 0.25) is 0 Å². The zero-order valence-corrected chi connectivity index (χ0v) is 21.5. The van der Waals surface area contributed by atoms with Crippen LogP contribution in [0.5, 0.6) is 5.75 Å². The van der Waals surface area contributed by atoms with Gasteiger partial charge in [0.15, 0.2) is 0 Å². The van der Waals surface area contributed by atoms with E-state index in [0.29, 0.717) is 24.1 Å². The molecule has 6 nitrogen and oxygen atoms in total. The first-order valence-corrected chi connectivity index (χ1v) is 13.6. The summed E-state index contributed by atoms with van der Waals surface area (Å²) in [6.45, 7) is 9.29. The second-order valence-corrected chi connectivity index (χ2v) is 10.8. The first kappa shape index (κ1) is 23.6. The van der Waals surface area contributed by atoms with E-state index in [0.717, 1.165) is 54.9 Å². The van der Waals surface area contributed by atoms with Gasteiger partial charge in [0, 0.05) is 49.1 Å². The van der Waals surface area contributed by atoms with E-state index in [4.69, 9.17) is 9.47 Å². The van der Waals surface area contributed by atoms with E-state index in [1.165, 1.54) is 31.5 Å². The molecule has 3 aliphatic rings. The molecule has 3 aromatic rings. The number of hydrogen-bond donors (Lipinski definition) is 0. The molecule has 0 spiro atoms. The Morgan fingerprint density at radius 3 is 2.72 bits per heavy atom. The van der Waals surface area contributed by atoms with Gasteiger partial charge < -0.3 is 14.4 Å². The van der Waals surface area contributed by atoms with Crippen molar-refractivity contribution >= 4 is 16.5 Å². The number of likely N-dealkylation sites (tertiary alicyclic amines) is 1. The van der Waals surface area contributed by atoms with Gasteiger partial charge >= 0.3 is 0 Å². The highest BCUT2D eigenvalue weighted by Gasteiger charge is 2.33. The summed E-state index contributed by atoms with van der Waals surface area (Å²) >= 11 is 0. The summed E-state index contributed by atoms with van der Waals surface area (Å²) < 4.78 is 13.4. The average Bonchev–Trinajstić information content (AvgIpc) is 3.65. The van der Waals surface area contributed by atoms with Gasteiger partial charge in [-0.1, -0.05) is 0 Å². The summed E-state index contributed by atoms with van der Waals surface area (Å²) in [5.74, 6) is 0.780. The van der Waals surface area contributed by atoms with Crippen LogP contribution in [-0.2, 0) is 4.74 Å². The Labute approximate surface area is 213 Å². The fraction of sp³-hybridized carbons (Fsp3) is 0.500. The molecule has 0 unspecified atom stereocenters. The van der Waals surface area contributed by atoms with Gasteiger partial charge in [-0.2, -0.15) is 0 Å². The van der Waals surface area contributed by atoms with E-state index in [1.807, 2.05) is 30.5 Å². The van der Waals surface area contributed by atoms with Crippen molar-refractivity contribution in [2.75, 3.05) is 37.7 Å². The molecule has 36 heavy (non-hydrogen) atoms. The molecule has 3 saturated heterocycles. The van der Waals surface area contributed by atoms with Crippen molar-refractivity contribution in [3.63, 3.8) is 0 Å². The number of aromatic nitrogens is 1. The molecule has 0 amide bonds. The van der Waals surface area contributed by atoms with Crippen LogP contribution in [0.3, 0.4) is 0 Å². The molecule has 190 valence electrons. The Morgan fingerprint density at radius 1 is 1.03 bits per heavy atom. The maximum absolute atomic E-state index is 13.4. The average molecular weight is 488 g/mol. The fourth-order valence-electron chi connectivity index (χ4n) is 6.32. The molecule has 6 rings (SSSR count). The van der Waals surface area contributed by atoms with Crippen LogP contribution < -0.4 is 15.2 Å². The number of ether oxygens (including phenoxy) is 2. The summed E-state index contributed by atoms with van der Waals surface area (Å²) in [7, 11) is 0. The van der Waals surface area contributed by atoms with Crippen molar-refractivity contribution in [2.45, 2.75) is 64.1 Å². The Kier molecular flexibility index (Phi) is 6.48. The minimum atomic E-state index is -0.00159. The molecule has 4 heterocycles. The van der Waals surface area contributed by atoms with Gasteiger partial charge in [0.2, 0.25) is 0 Å². The summed E-state index contributed by atoms with van der Waals surface area (Å²) in [6, 6.07) is 15.6. The zero-order chi connectivity index (χ0) is 24.6. The van der Waals surface area contributed by atoms with E-state index in [-0.39, 0.29) is 11.7 Å². The van der Waals surface area contributed by atoms with Gasteiger partial charge in [-0.15, -0.1) is 0 Å². The molecule has 3 fully saturated rings. The maximum atomic E-state index is 13.4. The number of anilines is 1. The van der Waals surface area contributed by atoms with Crippen LogP contribution in [0.4, 0.5) is 5.69 Å². The van der Waals surface area contributed by atoms with Crippen molar-refractivity contribution in [1.29, 1.82) is 0 Å². The lowest BCUT2D eigenvalue weighted by molar-refractivity contribution is 0.0680. The number of aryl methyl sites for hydroxylation is 1. The number of fused-ring (bicyclic) bond motifs is 1. The number of pyridine rings is 1. The topological polar surface area (TPSA) is 46.9 Å². The Morgan fingerprint density at radius 2 is 1.94 bits per heavy atom. The predicted octanol–water partition coefficient (Wildman–Crippen LogP) is 4.92. The second kappa shape index (κ2) is 9.91. The minimum Gasteiger partial charge on any atom is -0.491 e. The second-order valence-electron chi connectivity index (χ2n) is 10.8. The lowest BCUT2D eigenvalue weighted by atomic mass is 10.1. The molecule has 0 bridgehead atoms. The van der Waals surface area contributed by atoms with Crippen LogP contribution in [0.15, 0.2) is 53.5 Å². The van der Waals surface area contributed by atoms with E-state index in [1.54, 1.807) is 4.57 Å². The normalized spacial score (nSPS) is 24.7. The van der Waals surface area contributed by atoms with Crippen LogP contribution >= 0.6 is 0 Å². The van der Waals surface area contributed by atoms with Crippen molar-refractivity contribution < 1.29 is 9.47 Å². The van der Waals surface area contributed by atoms with Crippen LogP contribution in [-0.4, -0.2) is 60.5 Å². The molecule has 3 aliphatic heterocycles. The summed E-state index contributed by atoms with van der Waals surface area (Å²) in [5, 5.41) is 1.60. The van der Waals surface area contributed by atoms with Crippen LogP contribution in [0, 0.1) is 6.92 Å². The van der Waals surface area contributed by atoms with E-state index < -0.39 is 0 Å². The third-order valence-corrected chi connectivity index (χ3v) is 8.38. The highest BCUT2D eigenvalue weighted by Crippen LogP contribution is 2.30. The van der Waals surface area contributed by atoms with Gasteiger partial charge in [0.25, 0.3) is 5.56 Å². The summed E-state index contributed by atoms with van der Waals surface area (Å²) in [6.07, 6.45) is 8.10. The standard InChI is InChI=1S/C30H37N3O3/c1-21-17-24(31-14-12-25(19-31)32-13-3-5-22(32)2)7-10-29(21)33-15-11-23-18-26(8-9-28(23)30(33)34)36-20-27-6-4-16-35-27/h7-11,15,17-18,22,25,27H,3-6,12-14,16,19-20H2,1-2H3/t22-,25-,27-/m0/s1. The number of hydrogen-bond acceptors (Lipinski definition) is 5. The van der Waals surface area contributed by atoms with E-state index in [9.17, 15) is 4.79 Å². The highest BCUT2D eigenvalue weighted by molar-refractivity contribution is 5.83. The van der Waals surface area contributed by atoms with Gasteiger partial charge in [0.1, 0.15) is 12.4 Å². The Hall–Kier alpha value is -2.83.